The molecule has 1 aromatic carbocycles. The highest BCUT2D eigenvalue weighted by Gasteiger charge is 2.30. The predicted molar refractivity (Wildman–Crippen MR) is 91.2 cm³/mol. The van der Waals surface area contributed by atoms with Crippen LogP contribution >= 0.6 is 12.4 Å². The lowest BCUT2D eigenvalue weighted by molar-refractivity contribution is -0.137. The fourth-order valence-corrected chi connectivity index (χ4v) is 2.04. The van der Waals surface area contributed by atoms with E-state index in [1.54, 1.807) is 6.92 Å². The van der Waals surface area contributed by atoms with Gasteiger partial charge in [0.25, 0.3) is 0 Å². The molecule has 0 atom stereocenters. The van der Waals surface area contributed by atoms with Crippen LogP contribution < -0.4 is 16.4 Å². The van der Waals surface area contributed by atoms with Crippen molar-refractivity contribution in [3.8, 4) is 5.69 Å². The minimum atomic E-state index is -4.49. The number of rotatable bonds is 5. The molecule has 0 aliphatic rings. The number of carbonyl (C=O) groups is 2. The molecule has 2 amide bonds. The molecule has 4 N–H and O–H groups in total. The molecular weight excluding hydrogens is 375 g/mol. The SMILES string of the molecule is Cc1cc(NC(=O)CNC(=O)CN)n(-c2cccc(C(F)(F)F)c2)n1.Cl. The minimum absolute atomic E-state index is 0. The summed E-state index contributed by atoms with van der Waals surface area (Å²) in [6.45, 7) is 1.06. The third kappa shape index (κ3) is 5.46. The van der Waals surface area contributed by atoms with Gasteiger partial charge in [0.15, 0.2) is 0 Å². The first kappa shape index (κ1) is 21.5. The van der Waals surface area contributed by atoms with Crippen molar-refractivity contribution >= 4 is 30.0 Å². The fourth-order valence-electron chi connectivity index (χ4n) is 2.04. The molecule has 0 saturated heterocycles. The third-order valence-corrected chi connectivity index (χ3v) is 3.15. The number of alkyl halides is 3. The number of amides is 2. The maximum atomic E-state index is 12.9. The van der Waals surface area contributed by atoms with E-state index in [1.807, 2.05) is 0 Å². The van der Waals surface area contributed by atoms with E-state index in [4.69, 9.17) is 5.73 Å². The highest BCUT2D eigenvalue weighted by atomic mass is 35.5. The second-order valence-electron chi connectivity index (χ2n) is 5.16. The zero-order chi connectivity index (χ0) is 18.6. The molecule has 2 aromatic rings. The van der Waals surface area contributed by atoms with Crippen LogP contribution in [0.5, 0.6) is 0 Å². The number of aromatic nitrogens is 2. The number of aryl methyl sites for hydroxylation is 1. The topological polar surface area (TPSA) is 102 Å². The molecule has 1 aromatic heterocycles. The van der Waals surface area contributed by atoms with Gasteiger partial charge in [-0.3, -0.25) is 9.59 Å². The smallest absolute Gasteiger partial charge is 0.346 e. The molecule has 7 nitrogen and oxygen atoms in total. The molecule has 26 heavy (non-hydrogen) atoms. The Kier molecular flexibility index (Phi) is 7.16. The first-order valence-corrected chi connectivity index (χ1v) is 7.21. The molecule has 0 radical (unpaired) electrons. The van der Waals surface area contributed by atoms with Crippen LogP contribution in [0.4, 0.5) is 19.0 Å². The Bertz CT molecular complexity index is 792. The Morgan fingerprint density at radius 1 is 1.23 bits per heavy atom. The van der Waals surface area contributed by atoms with E-state index in [2.05, 4.69) is 15.7 Å². The van der Waals surface area contributed by atoms with Crippen LogP contribution in [-0.2, 0) is 15.8 Å². The van der Waals surface area contributed by atoms with Gasteiger partial charge in [-0.25, -0.2) is 4.68 Å². The summed E-state index contributed by atoms with van der Waals surface area (Å²) in [5.74, 6) is -0.878. The van der Waals surface area contributed by atoms with Crippen molar-refractivity contribution in [1.82, 2.24) is 15.1 Å². The van der Waals surface area contributed by atoms with Crippen molar-refractivity contribution in [1.29, 1.82) is 0 Å². The minimum Gasteiger partial charge on any atom is -0.346 e. The van der Waals surface area contributed by atoms with Crippen molar-refractivity contribution < 1.29 is 22.8 Å². The lowest BCUT2D eigenvalue weighted by Crippen LogP contribution is -2.36. The van der Waals surface area contributed by atoms with Crippen LogP contribution in [0.1, 0.15) is 11.3 Å². The van der Waals surface area contributed by atoms with Gasteiger partial charge in [0, 0.05) is 6.07 Å². The van der Waals surface area contributed by atoms with Crippen molar-refractivity contribution in [2.24, 2.45) is 5.73 Å². The van der Waals surface area contributed by atoms with E-state index in [1.165, 1.54) is 22.9 Å². The standard InChI is InChI=1S/C15H16F3N5O2.ClH/c1-9-5-12(21-14(25)8-20-13(24)7-19)23(22-9)11-4-2-3-10(6-11)15(16,17)18;/h2-6H,7-8,19H2,1H3,(H,20,24)(H,21,25);1H. The number of nitrogens with two attached hydrogens (primary N) is 1. The molecule has 0 aliphatic carbocycles. The molecule has 0 aliphatic heterocycles. The monoisotopic (exact) mass is 391 g/mol. The zero-order valence-corrected chi connectivity index (χ0v) is 14.4. The molecule has 0 saturated carbocycles. The van der Waals surface area contributed by atoms with E-state index < -0.39 is 23.6 Å². The lowest BCUT2D eigenvalue weighted by atomic mass is 10.2. The summed E-state index contributed by atoms with van der Waals surface area (Å²) in [4.78, 5) is 22.9. The van der Waals surface area contributed by atoms with Gasteiger partial charge in [0.2, 0.25) is 11.8 Å². The van der Waals surface area contributed by atoms with E-state index in [-0.39, 0.29) is 37.0 Å². The number of nitrogens with one attached hydrogen (secondary N) is 2. The van der Waals surface area contributed by atoms with Gasteiger partial charge in [0.05, 0.1) is 30.0 Å². The zero-order valence-electron chi connectivity index (χ0n) is 13.6. The molecule has 2 rings (SSSR count). The van der Waals surface area contributed by atoms with E-state index >= 15 is 0 Å². The summed E-state index contributed by atoms with van der Waals surface area (Å²) in [7, 11) is 0. The molecule has 142 valence electrons. The van der Waals surface area contributed by atoms with Crippen molar-refractivity contribution in [3.05, 3.63) is 41.6 Å². The largest absolute Gasteiger partial charge is 0.416 e. The summed E-state index contributed by atoms with van der Waals surface area (Å²) >= 11 is 0. The van der Waals surface area contributed by atoms with E-state index in [0.717, 1.165) is 12.1 Å². The third-order valence-electron chi connectivity index (χ3n) is 3.15. The maximum Gasteiger partial charge on any atom is 0.416 e. The second kappa shape index (κ2) is 8.68. The molecule has 0 unspecified atom stereocenters. The first-order chi connectivity index (χ1) is 11.7. The summed E-state index contributed by atoms with van der Waals surface area (Å²) in [6, 6.07) is 6.07. The van der Waals surface area contributed by atoms with Crippen molar-refractivity contribution in [2.75, 3.05) is 18.4 Å². The number of anilines is 1. The Balaban J connectivity index is 0.00000338. The number of hydrogen-bond donors (Lipinski definition) is 3. The van der Waals surface area contributed by atoms with Crippen LogP contribution in [-0.4, -0.2) is 34.7 Å². The average molecular weight is 392 g/mol. The number of carbonyl (C=O) groups excluding carboxylic acids is 2. The van der Waals surface area contributed by atoms with Gasteiger partial charge < -0.3 is 16.4 Å². The number of benzene rings is 1. The maximum absolute atomic E-state index is 12.9. The summed E-state index contributed by atoms with van der Waals surface area (Å²) < 4.78 is 39.8. The number of nitrogens with zero attached hydrogens (tertiary/aromatic N) is 2. The first-order valence-electron chi connectivity index (χ1n) is 7.21. The Hall–Kier alpha value is -2.59. The van der Waals surface area contributed by atoms with Crippen molar-refractivity contribution in [3.63, 3.8) is 0 Å². The molecule has 0 fully saturated rings. The molecule has 11 heteroatoms. The summed E-state index contributed by atoms with van der Waals surface area (Å²) in [6.07, 6.45) is -4.49. The number of halogens is 4. The van der Waals surface area contributed by atoms with Gasteiger partial charge in [-0.1, -0.05) is 6.07 Å². The van der Waals surface area contributed by atoms with Crippen LogP contribution in [0.15, 0.2) is 30.3 Å². The molecule has 1 heterocycles. The fraction of sp³-hybridized carbons (Fsp3) is 0.267. The van der Waals surface area contributed by atoms with E-state index in [0.29, 0.717) is 5.69 Å². The van der Waals surface area contributed by atoms with Gasteiger partial charge in [-0.05, 0) is 25.1 Å². The normalized spacial score (nSPS) is 10.8. The Morgan fingerprint density at radius 2 is 1.92 bits per heavy atom. The van der Waals surface area contributed by atoms with Gasteiger partial charge in [-0.15, -0.1) is 12.4 Å². The van der Waals surface area contributed by atoms with Crippen molar-refractivity contribution in [2.45, 2.75) is 13.1 Å². The summed E-state index contributed by atoms with van der Waals surface area (Å²) in [5, 5.41) is 8.88. The Labute approximate surface area is 153 Å². The highest BCUT2D eigenvalue weighted by Crippen LogP contribution is 2.30. The van der Waals surface area contributed by atoms with Crippen LogP contribution in [0, 0.1) is 6.92 Å². The van der Waals surface area contributed by atoms with Gasteiger partial charge >= 0.3 is 6.18 Å². The Morgan fingerprint density at radius 3 is 2.54 bits per heavy atom. The lowest BCUT2D eigenvalue weighted by Gasteiger charge is -2.12. The van der Waals surface area contributed by atoms with Gasteiger partial charge in [-0.2, -0.15) is 18.3 Å². The summed E-state index contributed by atoms with van der Waals surface area (Å²) in [5.41, 5.74) is 4.93. The van der Waals surface area contributed by atoms with Crippen LogP contribution in [0.2, 0.25) is 0 Å². The number of hydrogen-bond acceptors (Lipinski definition) is 4. The van der Waals surface area contributed by atoms with E-state index in [9.17, 15) is 22.8 Å². The van der Waals surface area contributed by atoms with Crippen LogP contribution in [0.25, 0.3) is 5.69 Å². The van der Waals surface area contributed by atoms with Gasteiger partial charge in [0.1, 0.15) is 5.82 Å². The second-order valence-corrected chi connectivity index (χ2v) is 5.16. The molecule has 0 bridgehead atoms. The highest BCUT2D eigenvalue weighted by molar-refractivity contribution is 5.94. The average Bonchev–Trinajstić information content (AvgIpc) is 2.92. The predicted octanol–water partition coefficient (Wildman–Crippen LogP) is 1.63. The molecule has 0 spiro atoms. The molecular formula is C15H17ClF3N5O2. The quantitative estimate of drug-likeness (QED) is 0.721. The van der Waals surface area contributed by atoms with Crippen LogP contribution in [0.3, 0.4) is 0 Å².